The number of aromatic nitrogens is 1. The first-order valence-electron chi connectivity index (χ1n) is 7.35. The molecule has 0 bridgehead atoms. The van der Waals surface area contributed by atoms with E-state index in [0.29, 0.717) is 5.75 Å². The van der Waals surface area contributed by atoms with E-state index < -0.39 is 6.10 Å². The van der Waals surface area contributed by atoms with Crippen LogP contribution in [0.2, 0.25) is 0 Å². The Hall–Kier alpha value is -3.08. The largest absolute Gasteiger partial charge is 0.481 e. The standard InChI is InChI=1S/C18H17N3O2/c1-13(23-15-7-3-2-4-8-15)18(22)21-20-12-14-11-19-17-10-6-5-9-16(14)17/h2-13,19H,1H3,(H,21,22)/b20-12+. The fraction of sp³-hybridized carbons (Fsp3) is 0.111. The summed E-state index contributed by atoms with van der Waals surface area (Å²) in [6.07, 6.45) is 2.84. The van der Waals surface area contributed by atoms with Crippen molar-refractivity contribution in [1.82, 2.24) is 10.4 Å². The molecule has 0 aliphatic rings. The van der Waals surface area contributed by atoms with Gasteiger partial charge in [-0.25, -0.2) is 5.43 Å². The summed E-state index contributed by atoms with van der Waals surface area (Å²) in [6.45, 7) is 1.68. The highest BCUT2D eigenvalue weighted by atomic mass is 16.5. The molecule has 116 valence electrons. The summed E-state index contributed by atoms with van der Waals surface area (Å²) in [7, 11) is 0. The van der Waals surface area contributed by atoms with Crippen molar-refractivity contribution in [2.45, 2.75) is 13.0 Å². The van der Waals surface area contributed by atoms with Crippen molar-refractivity contribution in [2.24, 2.45) is 5.10 Å². The number of benzene rings is 2. The number of nitrogens with one attached hydrogen (secondary N) is 2. The normalized spacial score (nSPS) is 12.4. The molecule has 1 aromatic heterocycles. The lowest BCUT2D eigenvalue weighted by Crippen LogP contribution is -2.33. The number of fused-ring (bicyclic) bond motifs is 1. The lowest BCUT2D eigenvalue weighted by molar-refractivity contribution is -0.127. The quantitative estimate of drug-likeness (QED) is 0.562. The molecule has 1 amide bonds. The Labute approximate surface area is 134 Å². The van der Waals surface area contributed by atoms with Crippen LogP contribution in [0.15, 0.2) is 65.9 Å². The van der Waals surface area contributed by atoms with E-state index in [-0.39, 0.29) is 5.91 Å². The van der Waals surface area contributed by atoms with Crippen LogP contribution in [0.1, 0.15) is 12.5 Å². The molecule has 3 aromatic rings. The Bertz CT molecular complexity index is 824. The number of para-hydroxylation sites is 2. The third kappa shape index (κ3) is 3.58. The van der Waals surface area contributed by atoms with Crippen molar-refractivity contribution < 1.29 is 9.53 Å². The summed E-state index contributed by atoms with van der Waals surface area (Å²) < 4.78 is 5.54. The molecular formula is C18H17N3O2. The van der Waals surface area contributed by atoms with Crippen LogP contribution in [0.3, 0.4) is 0 Å². The third-order valence-electron chi connectivity index (χ3n) is 3.42. The molecular weight excluding hydrogens is 290 g/mol. The minimum absolute atomic E-state index is 0.301. The number of amides is 1. The highest BCUT2D eigenvalue weighted by molar-refractivity contribution is 5.99. The van der Waals surface area contributed by atoms with Crippen molar-refractivity contribution in [3.8, 4) is 5.75 Å². The van der Waals surface area contributed by atoms with Gasteiger partial charge in [-0.1, -0.05) is 36.4 Å². The topological polar surface area (TPSA) is 66.5 Å². The fourth-order valence-electron chi connectivity index (χ4n) is 2.21. The molecule has 0 saturated carbocycles. The lowest BCUT2D eigenvalue weighted by Gasteiger charge is -2.12. The Morgan fingerprint density at radius 1 is 1.17 bits per heavy atom. The van der Waals surface area contributed by atoms with Gasteiger partial charge in [0.25, 0.3) is 5.91 Å². The second-order valence-electron chi connectivity index (χ2n) is 5.10. The molecule has 0 fully saturated rings. The van der Waals surface area contributed by atoms with Crippen LogP contribution in [0.5, 0.6) is 5.75 Å². The van der Waals surface area contributed by atoms with Gasteiger partial charge in [0.15, 0.2) is 6.10 Å². The molecule has 5 nitrogen and oxygen atoms in total. The summed E-state index contributed by atoms with van der Waals surface area (Å²) in [5.41, 5.74) is 4.44. The molecule has 2 N–H and O–H groups in total. The molecule has 0 aliphatic carbocycles. The van der Waals surface area contributed by atoms with Gasteiger partial charge in [-0.2, -0.15) is 5.10 Å². The molecule has 1 heterocycles. The van der Waals surface area contributed by atoms with Crippen LogP contribution in [-0.2, 0) is 4.79 Å². The molecule has 1 atom stereocenters. The average molecular weight is 307 g/mol. The van der Waals surface area contributed by atoms with Gasteiger partial charge in [0.05, 0.1) is 6.21 Å². The lowest BCUT2D eigenvalue weighted by atomic mass is 10.2. The van der Waals surface area contributed by atoms with E-state index in [1.165, 1.54) is 0 Å². The first-order chi connectivity index (χ1) is 11.2. The zero-order chi connectivity index (χ0) is 16.1. The minimum atomic E-state index is -0.627. The first kappa shape index (κ1) is 14.8. The number of carbonyl (C=O) groups is 1. The molecule has 0 saturated heterocycles. The van der Waals surface area contributed by atoms with Crippen LogP contribution < -0.4 is 10.2 Å². The summed E-state index contributed by atoms with van der Waals surface area (Å²) in [5, 5.41) is 5.06. The smallest absolute Gasteiger partial charge is 0.280 e. The van der Waals surface area contributed by atoms with Gasteiger partial charge in [0.2, 0.25) is 0 Å². The summed E-state index contributed by atoms with van der Waals surface area (Å²) >= 11 is 0. The van der Waals surface area contributed by atoms with Crippen molar-refractivity contribution >= 4 is 23.0 Å². The molecule has 0 aliphatic heterocycles. The number of hydrogen-bond acceptors (Lipinski definition) is 3. The maximum Gasteiger partial charge on any atom is 0.280 e. The predicted molar refractivity (Wildman–Crippen MR) is 90.6 cm³/mol. The van der Waals surface area contributed by atoms with E-state index in [0.717, 1.165) is 16.5 Å². The van der Waals surface area contributed by atoms with Gasteiger partial charge in [0, 0.05) is 22.7 Å². The van der Waals surface area contributed by atoms with Crippen molar-refractivity contribution in [3.05, 3.63) is 66.4 Å². The van der Waals surface area contributed by atoms with Crippen LogP contribution in [0, 0.1) is 0 Å². The molecule has 0 spiro atoms. The molecule has 1 unspecified atom stereocenters. The van der Waals surface area contributed by atoms with Gasteiger partial charge in [0.1, 0.15) is 5.75 Å². The number of ether oxygens (including phenoxy) is 1. The number of rotatable bonds is 5. The number of carbonyl (C=O) groups excluding carboxylic acids is 1. The number of nitrogens with zero attached hydrogens (tertiary/aromatic N) is 1. The second kappa shape index (κ2) is 6.79. The monoisotopic (exact) mass is 307 g/mol. The second-order valence-corrected chi connectivity index (χ2v) is 5.10. The van der Waals surface area contributed by atoms with E-state index >= 15 is 0 Å². The summed E-state index contributed by atoms with van der Waals surface area (Å²) in [6, 6.07) is 17.1. The van der Waals surface area contributed by atoms with E-state index in [4.69, 9.17) is 4.74 Å². The number of hydrazone groups is 1. The van der Waals surface area contributed by atoms with Gasteiger partial charge >= 0.3 is 0 Å². The minimum Gasteiger partial charge on any atom is -0.481 e. The Balaban J connectivity index is 1.60. The van der Waals surface area contributed by atoms with Crippen LogP contribution >= 0.6 is 0 Å². The molecule has 23 heavy (non-hydrogen) atoms. The molecule has 2 aromatic carbocycles. The van der Waals surface area contributed by atoms with E-state index in [2.05, 4.69) is 15.5 Å². The molecule has 3 rings (SSSR count). The molecule has 5 heteroatoms. The maximum atomic E-state index is 12.0. The van der Waals surface area contributed by atoms with Gasteiger partial charge < -0.3 is 9.72 Å². The van der Waals surface area contributed by atoms with E-state index in [9.17, 15) is 4.79 Å². The number of H-pyrrole nitrogens is 1. The van der Waals surface area contributed by atoms with Gasteiger partial charge in [-0.05, 0) is 25.1 Å². The Kier molecular flexibility index (Phi) is 4.38. The van der Waals surface area contributed by atoms with Crippen molar-refractivity contribution in [3.63, 3.8) is 0 Å². The highest BCUT2D eigenvalue weighted by Crippen LogP contribution is 2.15. The third-order valence-corrected chi connectivity index (χ3v) is 3.42. The maximum absolute atomic E-state index is 12.0. The van der Waals surface area contributed by atoms with Gasteiger partial charge in [-0.3, -0.25) is 4.79 Å². The highest BCUT2D eigenvalue weighted by Gasteiger charge is 2.13. The Morgan fingerprint density at radius 2 is 1.91 bits per heavy atom. The number of hydrogen-bond donors (Lipinski definition) is 2. The van der Waals surface area contributed by atoms with Crippen LogP contribution in [0.4, 0.5) is 0 Å². The van der Waals surface area contributed by atoms with E-state index in [1.54, 1.807) is 25.3 Å². The summed E-state index contributed by atoms with van der Waals surface area (Å²) in [4.78, 5) is 15.1. The van der Waals surface area contributed by atoms with Crippen LogP contribution in [-0.4, -0.2) is 23.2 Å². The Morgan fingerprint density at radius 3 is 2.74 bits per heavy atom. The first-order valence-corrected chi connectivity index (χ1v) is 7.35. The van der Waals surface area contributed by atoms with Crippen molar-refractivity contribution in [2.75, 3.05) is 0 Å². The van der Waals surface area contributed by atoms with Crippen LogP contribution in [0.25, 0.3) is 10.9 Å². The van der Waals surface area contributed by atoms with Gasteiger partial charge in [-0.15, -0.1) is 0 Å². The predicted octanol–water partition coefficient (Wildman–Crippen LogP) is 3.09. The molecule has 0 radical (unpaired) electrons. The number of aromatic amines is 1. The van der Waals surface area contributed by atoms with E-state index in [1.807, 2.05) is 48.7 Å². The van der Waals surface area contributed by atoms with Crippen molar-refractivity contribution in [1.29, 1.82) is 0 Å². The zero-order valence-electron chi connectivity index (χ0n) is 12.7. The summed E-state index contributed by atoms with van der Waals surface area (Å²) in [5.74, 6) is 0.348. The SMILES string of the molecule is CC(Oc1ccccc1)C(=O)N/N=C/c1c[nH]c2ccccc12. The zero-order valence-corrected chi connectivity index (χ0v) is 12.7. The fourth-order valence-corrected chi connectivity index (χ4v) is 2.21. The average Bonchev–Trinajstić information content (AvgIpc) is 2.99.